The van der Waals surface area contributed by atoms with E-state index in [1.807, 2.05) is 14.0 Å². The van der Waals surface area contributed by atoms with Crippen LogP contribution in [0.3, 0.4) is 0 Å². The van der Waals surface area contributed by atoms with Crippen LogP contribution in [0.5, 0.6) is 5.88 Å². The van der Waals surface area contributed by atoms with Crippen molar-refractivity contribution in [1.29, 1.82) is 0 Å². The lowest BCUT2D eigenvalue weighted by Gasteiger charge is -2.06. The highest BCUT2D eigenvalue weighted by Gasteiger charge is 2.16. The fraction of sp³-hybridized carbons (Fsp3) is 0.400. The van der Waals surface area contributed by atoms with Crippen LogP contribution in [0.2, 0.25) is 0 Å². The minimum Gasteiger partial charge on any atom is -0.481 e. The zero-order valence-electron chi connectivity index (χ0n) is 9.94. The first-order valence-electron chi connectivity index (χ1n) is 5.07. The smallest absolute Gasteiger partial charge is 0.216 e. The number of ether oxygens (including phenoxy) is 1. The van der Waals surface area contributed by atoms with Gasteiger partial charge >= 0.3 is 0 Å². The molecule has 0 radical (unpaired) electrons. The Bertz CT molecular complexity index is 545. The summed E-state index contributed by atoms with van der Waals surface area (Å²) in [6.07, 6.45) is 1.74. The molecule has 2 heterocycles. The average Bonchev–Trinajstić information content (AvgIpc) is 2.73. The van der Waals surface area contributed by atoms with Gasteiger partial charge in [-0.3, -0.25) is 0 Å². The maximum Gasteiger partial charge on any atom is 0.216 e. The van der Waals surface area contributed by atoms with Crippen LogP contribution in [0, 0.1) is 10.5 Å². The van der Waals surface area contributed by atoms with Gasteiger partial charge in [0.2, 0.25) is 5.88 Å². The van der Waals surface area contributed by atoms with Crippen molar-refractivity contribution in [1.82, 2.24) is 19.6 Å². The molecule has 0 aliphatic carbocycles. The van der Waals surface area contributed by atoms with Crippen LogP contribution in [0.4, 0.5) is 5.82 Å². The van der Waals surface area contributed by atoms with Crippen molar-refractivity contribution in [2.75, 3.05) is 12.8 Å². The van der Waals surface area contributed by atoms with Gasteiger partial charge in [0.25, 0.3) is 0 Å². The first-order chi connectivity index (χ1) is 8.04. The van der Waals surface area contributed by atoms with E-state index in [0.29, 0.717) is 12.4 Å². The number of hydrogen-bond acceptors (Lipinski definition) is 4. The zero-order chi connectivity index (χ0) is 12.6. The first-order valence-corrected chi connectivity index (χ1v) is 6.15. The first kappa shape index (κ1) is 12.2. The Kier molecular flexibility index (Phi) is 3.27. The molecule has 0 bridgehead atoms. The van der Waals surface area contributed by atoms with Gasteiger partial charge in [-0.25, -0.2) is 9.36 Å². The third-order valence-corrected chi connectivity index (χ3v) is 3.45. The SMILES string of the molecule is COc1c(Cn2ncc(I)c2N)c(C)nn1C. The Labute approximate surface area is 113 Å². The molecular formula is C10H14IN5O. The third-order valence-electron chi connectivity index (χ3n) is 2.62. The molecule has 2 aromatic heterocycles. The summed E-state index contributed by atoms with van der Waals surface area (Å²) in [4.78, 5) is 0. The van der Waals surface area contributed by atoms with E-state index in [4.69, 9.17) is 10.5 Å². The number of nitrogens with zero attached hydrogens (tertiary/aromatic N) is 4. The molecule has 0 aliphatic heterocycles. The summed E-state index contributed by atoms with van der Waals surface area (Å²) in [5.41, 5.74) is 7.85. The Balaban J connectivity index is 2.39. The number of nitrogens with two attached hydrogens (primary N) is 1. The molecule has 2 aromatic rings. The van der Waals surface area contributed by atoms with Gasteiger partial charge < -0.3 is 10.5 Å². The van der Waals surface area contributed by atoms with E-state index in [2.05, 4.69) is 32.8 Å². The van der Waals surface area contributed by atoms with Gasteiger partial charge in [-0.1, -0.05) is 0 Å². The second kappa shape index (κ2) is 4.55. The van der Waals surface area contributed by atoms with Gasteiger partial charge in [-0.2, -0.15) is 10.2 Å². The summed E-state index contributed by atoms with van der Waals surface area (Å²) in [6, 6.07) is 0. The van der Waals surface area contributed by atoms with Crippen molar-refractivity contribution in [3.63, 3.8) is 0 Å². The molecule has 0 aliphatic rings. The lowest BCUT2D eigenvalue weighted by atomic mass is 10.2. The van der Waals surface area contributed by atoms with E-state index in [0.717, 1.165) is 20.7 Å². The highest BCUT2D eigenvalue weighted by Crippen LogP contribution is 2.23. The number of halogens is 1. The predicted octanol–water partition coefficient (Wildman–Crippen LogP) is 1.17. The molecule has 0 fully saturated rings. The second-order valence-electron chi connectivity index (χ2n) is 3.73. The van der Waals surface area contributed by atoms with Crippen molar-refractivity contribution < 1.29 is 4.74 Å². The molecule has 0 amide bonds. The van der Waals surface area contributed by atoms with Crippen molar-refractivity contribution in [2.45, 2.75) is 13.5 Å². The molecule has 0 spiro atoms. The number of methoxy groups -OCH3 is 1. The van der Waals surface area contributed by atoms with Crippen molar-refractivity contribution in [3.8, 4) is 5.88 Å². The molecule has 6 nitrogen and oxygen atoms in total. The molecule has 0 saturated carbocycles. The normalized spacial score (nSPS) is 10.8. The number of nitrogen functional groups attached to an aromatic ring is 1. The highest BCUT2D eigenvalue weighted by atomic mass is 127. The van der Waals surface area contributed by atoms with Crippen molar-refractivity contribution in [3.05, 3.63) is 21.0 Å². The van der Waals surface area contributed by atoms with E-state index >= 15 is 0 Å². The van der Waals surface area contributed by atoms with Crippen molar-refractivity contribution >= 4 is 28.4 Å². The summed E-state index contributed by atoms with van der Waals surface area (Å²) in [5, 5.41) is 8.55. The Morgan fingerprint density at radius 1 is 1.53 bits per heavy atom. The lowest BCUT2D eigenvalue weighted by Crippen LogP contribution is -2.08. The standard InChI is InChI=1S/C10H14IN5O/c1-6-7(10(17-3)15(2)14-6)5-16-9(12)8(11)4-13-16/h4H,5,12H2,1-3H3. The molecule has 0 unspecified atom stereocenters. The van der Waals surface area contributed by atoms with E-state index in [1.54, 1.807) is 22.7 Å². The Morgan fingerprint density at radius 2 is 2.24 bits per heavy atom. The fourth-order valence-corrected chi connectivity index (χ4v) is 2.17. The zero-order valence-corrected chi connectivity index (χ0v) is 12.1. The van der Waals surface area contributed by atoms with Crippen LogP contribution < -0.4 is 10.5 Å². The van der Waals surface area contributed by atoms with Crippen LogP contribution >= 0.6 is 22.6 Å². The van der Waals surface area contributed by atoms with Gasteiger partial charge in [0.05, 0.1) is 34.7 Å². The quantitative estimate of drug-likeness (QED) is 0.847. The maximum absolute atomic E-state index is 5.92. The highest BCUT2D eigenvalue weighted by molar-refractivity contribution is 14.1. The van der Waals surface area contributed by atoms with Gasteiger partial charge in [-0.15, -0.1) is 0 Å². The van der Waals surface area contributed by atoms with Crippen LogP contribution in [0.25, 0.3) is 0 Å². The molecule has 0 saturated heterocycles. The molecule has 0 aromatic carbocycles. The average molecular weight is 347 g/mol. The Hall–Kier alpha value is -1.25. The lowest BCUT2D eigenvalue weighted by molar-refractivity contribution is 0.368. The number of anilines is 1. The van der Waals surface area contributed by atoms with Gasteiger partial charge in [0.1, 0.15) is 5.82 Å². The number of aryl methyl sites for hydroxylation is 2. The molecular weight excluding hydrogens is 333 g/mol. The number of rotatable bonds is 3. The maximum atomic E-state index is 5.92. The van der Waals surface area contributed by atoms with E-state index < -0.39 is 0 Å². The topological polar surface area (TPSA) is 70.9 Å². The number of aromatic nitrogens is 4. The second-order valence-corrected chi connectivity index (χ2v) is 4.89. The van der Waals surface area contributed by atoms with Crippen molar-refractivity contribution in [2.24, 2.45) is 7.05 Å². The summed E-state index contributed by atoms with van der Waals surface area (Å²) in [7, 11) is 3.49. The molecule has 0 atom stereocenters. The molecule has 17 heavy (non-hydrogen) atoms. The van der Waals surface area contributed by atoms with E-state index in [1.165, 1.54) is 0 Å². The number of hydrogen-bond donors (Lipinski definition) is 1. The van der Waals surface area contributed by atoms with Gasteiger partial charge in [0.15, 0.2) is 0 Å². The minimum absolute atomic E-state index is 0.567. The van der Waals surface area contributed by atoms with Crippen LogP contribution in [-0.4, -0.2) is 26.7 Å². The van der Waals surface area contributed by atoms with E-state index in [9.17, 15) is 0 Å². The molecule has 2 N–H and O–H groups in total. The van der Waals surface area contributed by atoms with Crippen LogP contribution in [0.1, 0.15) is 11.3 Å². The predicted molar refractivity (Wildman–Crippen MR) is 73.0 cm³/mol. The summed E-state index contributed by atoms with van der Waals surface area (Å²) >= 11 is 2.16. The van der Waals surface area contributed by atoms with Crippen LogP contribution in [0.15, 0.2) is 6.20 Å². The molecule has 7 heteroatoms. The van der Waals surface area contributed by atoms with E-state index in [-0.39, 0.29) is 0 Å². The molecule has 2 rings (SSSR count). The minimum atomic E-state index is 0.567. The summed E-state index contributed by atoms with van der Waals surface area (Å²) in [5.74, 6) is 1.41. The molecule has 92 valence electrons. The van der Waals surface area contributed by atoms with Crippen LogP contribution in [-0.2, 0) is 13.6 Å². The monoisotopic (exact) mass is 347 g/mol. The van der Waals surface area contributed by atoms with Gasteiger partial charge in [0, 0.05) is 7.05 Å². The Morgan fingerprint density at radius 3 is 2.76 bits per heavy atom. The fourth-order valence-electron chi connectivity index (χ4n) is 1.77. The largest absolute Gasteiger partial charge is 0.481 e. The van der Waals surface area contributed by atoms with Gasteiger partial charge in [-0.05, 0) is 29.5 Å². The summed E-state index contributed by atoms with van der Waals surface area (Å²) in [6.45, 7) is 2.51. The summed E-state index contributed by atoms with van der Waals surface area (Å²) < 4.78 is 9.74. The third kappa shape index (κ3) is 2.11.